The molecule has 0 radical (unpaired) electrons. The maximum absolute atomic E-state index is 8.23. The second-order valence-electron chi connectivity index (χ2n) is 5.35. The molecule has 132 valence electrons. The van der Waals surface area contributed by atoms with Gasteiger partial charge in [-0.05, 0) is 44.0 Å². The van der Waals surface area contributed by atoms with Crippen molar-refractivity contribution < 1.29 is 0 Å². The predicted molar refractivity (Wildman–Crippen MR) is 113 cm³/mol. The fourth-order valence-electron chi connectivity index (χ4n) is 1.80. The zero-order chi connectivity index (χ0) is 19.2. The van der Waals surface area contributed by atoms with Crippen molar-refractivity contribution in [2.45, 2.75) is 27.2 Å². The van der Waals surface area contributed by atoms with Gasteiger partial charge in [0.15, 0.2) is 5.84 Å². The Hall–Kier alpha value is -3.25. The van der Waals surface area contributed by atoms with E-state index in [0.717, 1.165) is 23.1 Å². The molecule has 0 aliphatic rings. The van der Waals surface area contributed by atoms with E-state index in [1.54, 1.807) is 24.4 Å². The molecule has 0 aliphatic heterocycles. The van der Waals surface area contributed by atoms with Gasteiger partial charge in [-0.2, -0.15) is 0 Å². The summed E-state index contributed by atoms with van der Waals surface area (Å²) in [6.07, 6.45) is 15.9. The second kappa shape index (κ2) is 12.2. The Labute approximate surface area is 157 Å². The fourth-order valence-corrected chi connectivity index (χ4v) is 1.80. The third-order valence-corrected chi connectivity index (χ3v) is 3.27. The summed E-state index contributed by atoms with van der Waals surface area (Å²) >= 11 is 0. The topological polar surface area (TPSA) is 48.6 Å². The molecule has 0 amide bonds. The molecule has 0 aromatic heterocycles. The van der Waals surface area contributed by atoms with Crippen LogP contribution in [0.5, 0.6) is 0 Å². The van der Waals surface area contributed by atoms with Crippen molar-refractivity contribution in [2.75, 3.05) is 0 Å². The van der Waals surface area contributed by atoms with Gasteiger partial charge in [0.25, 0.3) is 0 Å². The molecule has 1 aromatic carbocycles. The first-order chi connectivity index (χ1) is 12.6. The lowest BCUT2D eigenvalue weighted by atomic mass is 10.2. The zero-order valence-electron chi connectivity index (χ0n) is 15.7. The van der Waals surface area contributed by atoms with E-state index in [9.17, 15) is 0 Å². The summed E-state index contributed by atoms with van der Waals surface area (Å²) < 4.78 is 0. The Morgan fingerprint density at radius 1 is 1.27 bits per heavy atom. The van der Waals surface area contributed by atoms with Gasteiger partial charge in [-0.3, -0.25) is 5.41 Å². The molecule has 1 aromatic rings. The first kappa shape index (κ1) is 20.8. The first-order valence-electron chi connectivity index (χ1n) is 8.51. The van der Waals surface area contributed by atoms with Gasteiger partial charge in [-0.15, -0.1) is 0 Å². The molecule has 0 saturated carbocycles. The normalized spacial score (nSPS) is 13.6. The van der Waals surface area contributed by atoms with Gasteiger partial charge >= 0.3 is 0 Å². The van der Waals surface area contributed by atoms with E-state index in [1.165, 1.54) is 0 Å². The molecular weight excluding hydrogens is 318 g/mol. The molecule has 0 saturated heterocycles. The number of amidine groups is 2. The third kappa shape index (κ3) is 7.55. The largest absolute Gasteiger partial charge is 0.283 e. The van der Waals surface area contributed by atoms with E-state index in [4.69, 9.17) is 5.41 Å². The van der Waals surface area contributed by atoms with E-state index < -0.39 is 0 Å². The molecule has 1 rings (SSSR count). The Balaban J connectivity index is 3.24. The number of nitrogens with one attached hydrogen (secondary N) is 1. The summed E-state index contributed by atoms with van der Waals surface area (Å²) in [5.74, 6) is 0.599. The van der Waals surface area contributed by atoms with Crippen molar-refractivity contribution >= 4 is 17.9 Å². The Morgan fingerprint density at radius 2 is 2.08 bits per heavy atom. The van der Waals surface area contributed by atoms with E-state index >= 15 is 0 Å². The lowest BCUT2D eigenvalue weighted by Crippen LogP contribution is -2.04. The molecular formula is C23H25N3. The molecule has 0 heterocycles. The van der Waals surface area contributed by atoms with Crippen molar-refractivity contribution in [1.82, 2.24) is 0 Å². The van der Waals surface area contributed by atoms with Crippen molar-refractivity contribution in [3.05, 3.63) is 96.2 Å². The Bertz CT molecular complexity index is 773. The number of allylic oxidation sites excluding steroid dienone is 6. The lowest BCUT2D eigenvalue weighted by Gasteiger charge is -2.04. The lowest BCUT2D eigenvalue weighted by molar-refractivity contribution is 1.22. The fraction of sp³-hybridized carbons (Fsp3) is 0.174. The standard InChI is InChI=1S/C23H25N3/c1-5-8-11-14-19(4)22(24)26-23(21(7-3)17-9-6-2)25-18-20-15-12-10-13-16-20/h6-9,11-12,14-18,24H,3,5H2,1-2,4H3/b9-6-,11-8-,19-14+,21-17+,24-22?,25-18?,26-23?. The van der Waals surface area contributed by atoms with Crippen LogP contribution in [0.2, 0.25) is 0 Å². The summed E-state index contributed by atoms with van der Waals surface area (Å²) in [5.41, 5.74) is 2.39. The number of hydrogen-bond acceptors (Lipinski definition) is 1. The van der Waals surface area contributed by atoms with Gasteiger partial charge in [0, 0.05) is 17.4 Å². The monoisotopic (exact) mass is 343 g/mol. The van der Waals surface area contributed by atoms with Gasteiger partial charge in [0.05, 0.1) is 0 Å². The molecule has 0 aliphatic carbocycles. The third-order valence-electron chi connectivity index (χ3n) is 3.27. The first-order valence-corrected chi connectivity index (χ1v) is 8.51. The van der Waals surface area contributed by atoms with Crippen LogP contribution in [0, 0.1) is 17.5 Å². The highest BCUT2D eigenvalue weighted by molar-refractivity contribution is 6.14. The van der Waals surface area contributed by atoms with Gasteiger partial charge in [0.1, 0.15) is 5.84 Å². The van der Waals surface area contributed by atoms with Crippen LogP contribution in [0.3, 0.4) is 0 Å². The van der Waals surface area contributed by atoms with Gasteiger partial charge < -0.3 is 0 Å². The highest BCUT2D eigenvalue weighted by Crippen LogP contribution is 2.07. The minimum absolute atomic E-state index is 0.166. The summed E-state index contributed by atoms with van der Waals surface area (Å²) in [5, 5.41) is 8.23. The van der Waals surface area contributed by atoms with Crippen LogP contribution in [0.25, 0.3) is 0 Å². The van der Waals surface area contributed by atoms with E-state index in [1.807, 2.05) is 56.4 Å². The maximum atomic E-state index is 8.23. The van der Waals surface area contributed by atoms with Crippen LogP contribution in [0.1, 0.15) is 32.8 Å². The van der Waals surface area contributed by atoms with Crippen molar-refractivity contribution in [3.63, 3.8) is 0 Å². The average molecular weight is 343 g/mol. The van der Waals surface area contributed by atoms with E-state index in [0.29, 0.717) is 5.84 Å². The van der Waals surface area contributed by atoms with Crippen LogP contribution < -0.4 is 0 Å². The SMILES string of the molecule is C=C/C(=C\C=C/C)C(N=Cc1cc#ccc1)=NC(=N)/C(C)=C/C=C\CC. The molecule has 3 nitrogen and oxygen atoms in total. The summed E-state index contributed by atoms with van der Waals surface area (Å²) in [4.78, 5) is 8.87. The molecule has 0 fully saturated rings. The molecule has 0 spiro atoms. The minimum atomic E-state index is 0.166. The van der Waals surface area contributed by atoms with Crippen LogP contribution in [-0.2, 0) is 0 Å². The molecule has 26 heavy (non-hydrogen) atoms. The van der Waals surface area contributed by atoms with Crippen molar-refractivity contribution in [3.8, 4) is 0 Å². The van der Waals surface area contributed by atoms with Gasteiger partial charge in [-0.25, -0.2) is 9.98 Å². The predicted octanol–water partition coefficient (Wildman–Crippen LogP) is 5.68. The molecule has 0 unspecified atom stereocenters. The number of hydrogen-bond donors (Lipinski definition) is 1. The number of rotatable bonds is 7. The maximum Gasteiger partial charge on any atom is 0.161 e. The Morgan fingerprint density at radius 3 is 2.69 bits per heavy atom. The molecule has 0 bridgehead atoms. The summed E-state index contributed by atoms with van der Waals surface area (Å²) in [6, 6.07) is 11.2. The number of aliphatic imine (C=N–C) groups is 2. The van der Waals surface area contributed by atoms with E-state index in [-0.39, 0.29) is 5.84 Å². The van der Waals surface area contributed by atoms with Crippen molar-refractivity contribution in [1.29, 1.82) is 5.41 Å². The zero-order valence-corrected chi connectivity index (χ0v) is 15.7. The summed E-state index contributed by atoms with van der Waals surface area (Å²) in [7, 11) is 0. The average Bonchev–Trinajstić information content (AvgIpc) is 2.67. The van der Waals surface area contributed by atoms with Gasteiger partial charge in [-0.1, -0.05) is 68.2 Å². The highest BCUT2D eigenvalue weighted by Gasteiger charge is 2.05. The van der Waals surface area contributed by atoms with Crippen LogP contribution in [0.4, 0.5) is 0 Å². The number of nitrogens with zero attached hydrogens (tertiary/aromatic N) is 2. The van der Waals surface area contributed by atoms with Gasteiger partial charge in [0.2, 0.25) is 0 Å². The van der Waals surface area contributed by atoms with E-state index in [2.05, 4.69) is 35.6 Å². The van der Waals surface area contributed by atoms with Crippen LogP contribution in [-0.4, -0.2) is 17.9 Å². The molecule has 1 N–H and O–H groups in total. The summed E-state index contributed by atoms with van der Waals surface area (Å²) in [6.45, 7) is 9.70. The Kier molecular flexibility index (Phi) is 9.73. The smallest absolute Gasteiger partial charge is 0.161 e. The minimum Gasteiger partial charge on any atom is -0.283 e. The quantitative estimate of drug-likeness (QED) is 0.376. The van der Waals surface area contributed by atoms with Crippen LogP contribution in [0.15, 0.2) is 88.4 Å². The highest BCUT2D eigenvalue weighted by atomic mass is 14.9. The van der Waals surface area contributed by atoms with Crippen molar-refractivity contribution in [2.24, 2.45) is 9.98 Å². The molecule has 3 heteroatoms. The molecule has 0 atom stereocenters. The van der Waals surface area contributed by atoms with Crippen LogP contribution >= 0.6 is 0 Å². The second-order valence-corrected chi connectivity index (χ2v) is 5.35.